The van der Waals surface area contributed by atoms with E-state index >= 15 is 0 Å². The van der Waals surface area contributed by atoms with E-state index in [0.29, 0.717) is 21.5 Å². The average molecular weight is 452 g/mol. The van der Waals surface area contributed by atoms with E-state index in [1.54, 1.807) is 31.3 Å². The molecule has 1 saturated carbocycles. The molecule has 0 aliphatic heterocycles. The number of rotatable bonds is 4. The molecule has 164 valence electrons. The van der Waals surface area contributed by atoms with Crippen LogP contribution in [0.25, 0.3) is 16.7 Å². The lowest BCUT2D eigenvalue weighted by Gasteiger charge is -2.12. The van der Waals surface area contributed by atoms with Gasteiger partial charge in [0.05, 0.1) is 17.4 Å². The van der Waals surface area contributed by atoms with Gasteiger partial charge in [-0.2, -0.15) is 0 Å². The molecule has 0 atom stereocenters. The summed E-state index contributed by atoms with van der Waals surface area (Å²) in [6, 6.07) is 12.2. The molecule has 0 saturated heterocycles. The largest absolute Gasteiger partial charge is 0.352 e. The number of nitrogens with one attached hydrogen (secondary N) is 1. The summed E-state index contributed by atoms with van der Waals surface area (Å²) in [4.78, 5) is 39.0. The molecule has 1 aliphatic rings. The highest BCUT2D eigenvalue weighted by Crippen LogP contribution is 2.20. The fourth-order valence-electron chi connectivity index (χ4n) is 4.36. The number of hydrogen-bond acceptors (Lipinski definition) is 4. The Morgan fingerprint density at radius 3 is 2.66 bits per heavy atom. The van der Waals surface area contributed by atoms with E-state index in [4.69, 9.17) is 11.6 Å². The van der Waals surface area contributed by atoms with Crippen LogP contribution in [0.5, 0.6) is 0 Å². The molecule has 9 heteroatoms. The minimum Gasteiger partial charge on any atom is -0.349 e. The number of carbonyl (C=O) groups is 1. The Morgan fingerprint density at radius 2 is 1.91 bits per heavy atom. The summed E-state index contributed by atoms with van der Waals surface area (Å²) in [6.07, 6.45) is 4.16. The molecule has 2 aromatic carbocycles. The Morgan fingerprint density at radius 1 is 1.16 bits per heavy atom. The van der Waals surface area contributed by atoms with Crippen molar-refractivity contribution in [1.82, 2.24) is 24.1 Å². The van der Waals surface area contributed by atoms with Gasteiger partial charge in [0, 0.05) is 23.7 Å². The zero-order valence-electron chi connectivity index (χ0n) is 17.5. The Labute approximate surface area is 188 Å². The van der Waals surface area contributed by atoms with E-state index in [9.17, 15) is 14.4 Å². The van der Waals surface area contributed by atoms with Gasteiger partial charge in [-0.3, -0.25) is 14.2 Å². The molecule has 0 unspecified atom stereocenters. The first-order valence-corrected chi connectivity index (χ1v) is 11.0. The van der Waals surface area contributed by atoms with Gasteiger partial charge in [-0.05, 0) is 42.7 Å². The fraction of sp³-hybridized carbons (Fsp3) is 0.304. The van der Waals surface area contributed by atoms with Crippen molar-refractivity contribution in [3.63, 3.8) is 0 Å². The highest BCUT2D eigenvalue weighted by molar-refractivity contribution is 6.31. The molecular formula is C23H22ClN5O3. The highest BCUT2D eigenvalue weighted by atomic mass is 35.5. The van der Waals surface area contributed by atoms with Crippen LogP contribution >= 0.6 is 11.6 Å². The lowest BCUT2D eigenvalue weighted by molar-refractivity contribution is 0.0938. The number of hydrogen-bond donors (Lipinski definition) is 1. The van der Waals surface area contributed by atoms with Crippen LogP contribution in [0.4, 0.5) is 0 Å². The van der Waals surface area contributed by atoms with Crippen molar-refractivity contribution in [3.05, 3.63) is 79.5 Å². The van der Waals surface area contributed by atoms with Crippen LogP contribution in [-0.2, 0) is 13.6 Å². The molecular weight excluding hydrogens is 430 g/mol. The van der Waals surface area contributed by atoms with E-state index in [2.05, 4.69) is 10.4 Å². The van der Waals surface area contributed by atoms with Crippen LogP contribution in [0.15, 0.2) is 52.1 Å². The van der Waals surface area contributed by atoms with E-state index in [0.717, 1.165) is 31.2 Å². The normalized spacial score (nSPS) is 14.4. The first-order valence-electron chi connectivity index (χ1n) is 10.6. The number of nitrogens with zero attached hydrogens (tertiary/aromatic N) is 4. The SMILES string of the molecule is Cn1c(=O)c2ccc(C(=O)NC3CCCC3)cc2n2c(=O)n(Cc3ccccc3Cl)nc12. The lowest BCUT2D eigenvalue weighted by Crippen LogP contribution is -2.32. The van der Waals surface area contributed by atoms with Gasteiger partial charge < -0.3 is 5.32 Å². The number of carbonyl (C=O) groups excluding carboxylic acids is 1. The summed E-state index contributed by atoms with van der Waals surface area (Å²) in [5.41, 5.74) is 0.812. The molecule has 8 nitrogen and oxygen atoms in total. The maximum absolute atomic E-state index is 13.3. The zero-order valence-corrected chi connectivity index (χ0v) is 18.3. The summed E-state index contributed by atoms with van der Waals surface area (Å²) >= 11 is 6.25. The van der Waals surface area contributed by atoms with Gasteiger partial charge in [0.1, 0.15) is 0 Å². The first-order chi connectivity index (χ1) is 15.4. The maximum Gasteiger partial charge on any atom is 0.352 e. The first kappa shape index (κ1) is 20.5. The summed E-state index contributed by atoms with van der Waals surface area (Å²) in [7, 11) is 1.57. The van der Waals surface area contributed by atoms with Gasteiger partial charge in [0.2, 0.25) is 5.78 Å². The summed E-state index contributed by atoms with van der Waals surface area (Å²) in [5, 5.41) is 8.31. The molecule has 0 bridgehead atoms. The van der Waals surface area contributed by atoms with Gasteiger partial charge >= 0.3 is 5.69 Å². The van der Waals surface area contributed by atoms with E-state index in [1.165, 1.54) is 13.6 Å². The van der Waals surface area contributed by atoms with Crippen LogP contribution in [-0.4, -0.2) is 30.7 Å². The number of aryl methyl sites for hydroxylation is 1. The van der Waals surface area contributed by atoms with Gasteiger partial charge in [-0.1, -0.05) is 42.6 Å². The quantitative estimate of drug-likeness (QED) is 0.516. The molecule has 1 fully saturated rings. The highest BCUT2D eigenvalue weighted by Gasteiger charge is 2.20. The van der Waals surface area contributed by atoms with Crippen LogP contribution in [0.2, 0.25) is 5.02 Å². The van der Waals surface area contributed by atoms with Gasteiger partial charge in [0.25, 0.3) is 11.5 Å². The lowest BCUT2D eigenvalue weighted by atomic mass is 10.1. The third-order valence-electron chi connectivity index (χ3n) is 6.13. The number of aromatic nitrogens is 4. The number of benzene rings is 2. The molecule has 4 aromatic rings. The molecule has 1 aliphatic carbocycles. The molecule has 2 heterocycles. The fourth-order valence-corrected chi connectivity index (χ4v) is 4.56. The second kappa shape index (κ2) is 7.94. The van der Waals surface area contributed by atoms with Crippen LogP contribution < -0.4 is 16.6 Å². The Kier molecular flexibility index (Phi) is 5.09. The Balaban J connectivity index is 1.65. The summed E-state index contributed by atoms with van der Waals surface area (Å²) in [6.45, 7) is 0.164. The van der Waals surface area contributed by atoms with Crippen LogP contribution in [0, 0.1) is 0 Å². The predicted molar refractivity (Wildman–Crippen MR) is 122 cm³/mol. The van der Waals surface area contributed by atoms with Crippen molar-refractivity contribution in [3.8, 4) is 0 Å². The smallest absolute Gasteiger partial charge is 0.349 e. The minimum absolute atomic E-state index is 0.164. The molecule has 1 amide bonds. The maximum atomic E-state index is 13.3. The van der Waals surface area contributed by atoms with Gasteiger partial charge in [-0.25, -0.2) is 13.9 Å². The Bertz CT molecular complexity index is 1480. The van der Waals surface area contributed by atoms with Gasteiger partial charge in [0.15, 0.2) is 0 Å². The number of halogens is 1. The van der Waals surface area contributed by atoms with E-state index in [1.807, 2.05) is 18.2 Å². The third kappa shape index (κ3) is 3.40. The topological polar surface area (TPSA) is 90.4 Å². The molecule has 1 N–H and O–H groups in total. The van der Waals surface area contributed by atoms with Crippen molar-refractivity contribution in [1.29, 1.82) is 0 Å². The average Bonchev–Trinajstić information content (AvgIpc) is 3.41. The Hall–Kier alpha value is -3.39. The summed E-state index contributed by atoms with van der Waals surface area (Å²) < 4.78 is 3.99. The van der Waals surface area contributed by atoms with Crippen LogP contribution in [0.3, 0.4) is 0 Å². The molecule has 0 spiro atoms. The molecule has 5 rings (SSSR count). The summed E-state index contributed by atoms with van der Waals surface area (Å²) in [5.74, 6) is -0.00274. The zero-order chi connectivity index (χ0) is 22.4. The predicted octanol–water partition coefficient (Wildman–Crippen LogP) is 2.72. The molecule has 32 heavy (non-hydrogen) atoms. The van der Waals surface area contributed by atoms with Gasteiger partial charge in [-0.15, -0.1) is 5.10 Å². The second-order valence-electron chi connectivity index (χ2n) is 8.22. The molecule has 2 aromatic heterocycles. The second-order valence-corrected chi connectivity index (χ2v) is 8.63. The minimum atomic E-state index is -0.408. The molecule has 0 radical (unpaired) electrons. The van der Waals surface area contributed by atoms with Crippen molar-refractivity contribution in [2.75, 3.05) is 0 Å². The standard InChI is InChI=1S/C23H22ClN5O3/c1-27-21(31)17-11-10-14(20(30)25-16-7-3-4-8-16)12-19(17)29-22(27)26-28(23(29)32)13-15-6-2-5-9-18(15)24/h2,5-6,9-12,16H,3-4,7-8,13H2,1H3,(H,25,30). The van der Waals surface area contributed by atoms with Crippen molar-refractivity contribution < 1.29 is 4.79 Å². The van der Waals surface area contributed by atoms with Crippen LogP contribution in [0.1, 0.15) is 41.6 Å². The number of amides is 1. The third-order valence-corrected chi connectivity index (χ3v) is 6.50. The monoisotopic (exact) mass is 451 g/mol. The van der Waals surface area contributed by atoms with E-state index in [-0.39, 0.29) is 29.8 Å². The van der Waals surface area contributed by atoms with Crippen molar-refractivity contribution in [2.24, 2.45) is 7.05 Å². The van der Waals surface area contributed by atoms with Crippen molar-refractivity contribution >= 4 is 34.2 Å². The van der Waals surface area contributed by atoms with E-state index < -0.39 is 5.69 Å². The van der Waals surface area contributed by atoms with Crippen molar-refractivity contribution in [2.45, 2.75) is 38.3 Å². The number of fused-ring (bicyclic) bond motifs is 3.